The number of nitrogens with zero attached hydrogens (tertiary/aromatic N) is 2. The third-order valence-corrected chi connectivity index (χ3v) is 5.22. The summed E-state index contributed by atoms with van der Waals surface area (Å²) in [5, 5.41) is 11.0. The van der Waals surface area contributed by atoms with E-state index in [0.717, 1.165) is 11.3 Å². The number of Topliss-reactive ketones (excluding diaryl/α,β-unsaturated/α-hetero) is 1. The molecule has 1 saturated heterocycles. The van der Waals surface area contributed by atoms with Gasteiger partial charge < -0.3 is 19.3 Å². The lowest BCUT2D eigenvalue weighted by Crippen LogP contribution is -2.29. The molecular weight excluding hydrogens is 380 g/mol. The molecule has 1 aliphatic rings. The summed E-state index contributed by atoms with van der Waals surface area (Å²) in [7, 11) is 3.88. The highest BCUT2D eigenvalue weighted by Crippen LogP contribution is 2.40. The van der Waals surface area contributed by atoms with E-state index in [1.165, 1.54) is 11.2 Å². The first-order valence-electron chi connectivity index (χ1n) is 9.61. The summed E-state index contributed by atoms with van der Waals surface area (Å²) < 4.78 is 5.40. The molecule has 6 heteroatoms. The van der Waals surface area contributed by atoms with E-state index in [-0.39, 0.29) is 17.9 Å². The van der Waals surface area contributed by atoms with Crippen LogP contribution >= 0.6 is 0 Å². The third kappa shape index (κ3) is 3.48. The van der Waals surface area contributed by atoms with Gasteiger partial charge in [-0.05, 0) is 29.8 Å². The highest BCUT2D eigenvalue weighted by atomic mass is 16.3. The summed E-state index contributed by atoms with van der Waals surface area (Å²) in [5.74, 6) is -0.987. The number of hydrogen-bond donors (Lipinski definition) is 1. The Hall–Kier alpha value is -3.80. The van der Waals surface area contributed by atoms with Crippen LogP contribution in [0, 0.1) is 0 Å². The second-order valence-corrected chi connectivity index (χ2v) is 7.36. The first-order valence-corrected chi connectivity index (χ1v) is 9.61. The van der Waals surface area contributed by atoms with Gasteiger partial charge in [0.2, 0.25) is 0 Å². The van der Waals surface area contributed by atoms with Crippen LogP contribution in [-0.2, 0) is 16.1 Å². The van der Waals surface area contributed by atoms with Crippen molar-refractivity contribution in [2.45, 2.75) is 12.6 Å². The maximum Gasteiger partial charge on any atom is 0.296 e. The molecule has 1 aromatic heterocycles. The monoisotopic (exact) mass is 402 g/mol. The van der Waals surface area contributed by atoms with Crippen molar-refractivity contribution in [2.75, 3.05) is 19.0 Å². The molecular formula is C24H22N2O4. The van der Waals surface area contributed by atoms with Crippen molar-refractivity contribution >= 4 is 23.1 Å². The molecule has 1 N–H and O–H groups in total. The third-order valence-electron chi connectivity index (χ3n) is 5.22. The van der Waals surface area contributed by atoms with E-state index in [2.05, 4.69) is 0 Å². The number of ketones is 1. The first-order chi connectivity index (χ1) is 14.5. The zero-order chi connectivity index (χ0) is 21.3. The minimum Gasteiger partial charge on any atom is -0.507 e. The first kappa shape index (κ1) is 19.5. The highest BCUT2D eigenvalue weighted by Gasteiger charge is 2.46. The van der Waals surface area contributed by atoms with E-state index in [1.54, 1.807) is 36.4 Å². The molecule has 1 amide bonds. The SMILES string of the molecule is CN(C)c1ccc(C2C(=C(O)c3ccccc3)C(=O)C(=O)N2Cc2ccco2)cc1. The molecule has 0 bridgehead atoms. The van der Waals surface area contributed by atoms with E-state index >= 15 is 0 Å². The Labute approximate surface area is 174 Å². The number of carbonyl (C=O) groups is 2. The molecule has 2 aromatic carbocycles. The van der Waals surface area contributed by atoms with Crippen LogP contribution in [0.4, 0.5) is 5.69 Å². The fraction of sp³-hybridized carbons (Fsp3) is 0.167. The second-order valence-electron chi connectivity index (χ2n) is 7.36. The second kappa shape index (κ2) is 7.91. The van der Waals surface area contributed by atoms with Gasteiger partial charge in [0.25, 0.3) is 11.7 Å². The van der Waals surface area contributed by atoms with Gasteiger partial charge in [-0.15, -0.1) is 0 Å². The van der Waals surface area contributed by atoms with E-state index in [1.807, 2.05) is 49.3 Å². The summed E-state index contributed by atoms with van der Waals surface area (Å²) in [6.07, 6.45) is 1.52. The molecule has 1 unspecified atom stereocenters. The van der Waals surface area contributed by atoms with Crippen LogP contribution in [0.5, 0.6) is 0 Å². The number of aliphatic hydroxyl groups is 1. The van der Waals surface area contributed by atoms with Crippen LogP contribution < -0.4 is 4.90 Å². The number of amides is 1. The topological polar surface area (TPSA) is 74.0 Å². The van der Waals surface area contributed by atoms with Crippen LogP contribution in [0.1, 0.15) is 22.9 Å². The highest BCUT2D eigenvalue weighted by molar-refractivity contribution is 6.46. The molecule has 1 fully saturated rings. The Balaban J connectivity index is 1.85. The summed E-state index contributed by atoms with van der Waals surface area (Å²) in [6, 6.07) is 19.1. The molecule has 152 valence electrons. The van der Waals surface area contributed by atoms with Gasteiger partial charge in [0, 0.05) is 25.3 Å². The van der Waals surface area contributed by atoms with Crippen molar-refractivity contribution in [2.24, 2.45) is 0 Å². The minimum atomic E-state index is -0.716. The number of anilines is 1. The Morgan fingerprint density at radius 3 is 2.30 bits per heavy atom. The number of benzene rings is 2. The van der Waals surface area contributed by atoms with Gasteiger partial charge in [0.1, 0.15) is 11.5 Å². The number of carbonyl (C=O) groups excluding carboxylic acids is 2. The maximum absolute atomic E-state index is 13.0. The Morgan fingerprint density at radius 2 is 1.70 bits per heavy atom. The minimum absolute atomic E-state index is 0.0790. The molecule has 4 rings (SSSR count). The molecule has 0 radical (unpaired) electrons. The molecule has 1 aliphatic heterocycles. The van der Waals surface area contributed by atoms with Crippen LogP contribution in [0.3, 0.4) is 0 Å². The predicted octanol–water partition coefficient (Wildman–Crippen LogP) is 3.97. The molecule has 3 aromatic rings. The average Bonchev–Trinajstić information content (AvgIpc) is 3.36. The quantitative estimate of drug-likeness (QED) is 0.397. The van der Waals surface area contributed by atoms with Crippen LogP contribution in [-0.4, -0.2) is 35.8 Å². The van der Waals surface area contributed by atoms with Gasteiger partial charge in [0.15, 0.2) is 0 Å². The number of rotatable bonds is 5. The smallest absolute Gasteiger partial charge is 0.296 e. The van der Waals surface area contributed by atoms with Crippen LogP contribution in [0.15, 0.2) is 83.0 Å². The van der Waals surface area contributed by atoms with E-state index in [9.17, 15) is 14.7 Å². The summed E-state index contributed by atoms with van der Waals surface area (Å²) >= 11 is 0. The van der Waals surface area contributed by atoms with Crippen molar-refractivity contribution < 1.29 is 19.1 Å². The van der Waals surface area contributed by atoms with Crippen molar-refractivity contribution in [1.82, 2.24) is 4.90 Å². The molecule has 6 nitrogen and oxygen atoms in total. The zero-order valence-corrected chi connectivity index (χ0v) is 16.8. The van der Waals surface area contributed by atoms with Crippen molar-refractivity contribution in [1.29, 1.82) is 0 Å². The molecule has 2 heterocycles. The summed E-state index contributed by atoms with van der Waals surface area (Å²) in [5.41, 5.74) is 2.30. The van der Waals surface area contributed by atoms with Gasteiger partial charge in [-0.2, -0.15) is 0 Å². The molecule has 0 saturated carbocycles. The Kier molecular flexibility index (Phi) is 5.14. The molecule has 0 spiro atoms. The molecule has 30 heavy (non-hydrogen) atoms. The number of hydrogen-bond acceptors (Lipinski definition) is 5. The lowest BCUT2D eigenvalue weighted by molar-refractivity contribution is -0.140. The Morgan fingerprint density at radius 1 is 1.00 bits per heavy atom. The fourth-order valence-corrected chi connectivity index (χ4v) is 3.67. The zero-order valence-electron chi connectivity index (χ0n) is 16.8. The predicted molar refractivity (Wildman–Crippen MR) is 114 cm³/mol. The maximum atomic E-state index is 13.0. The van der Waals surface area contributed by atoms with E-state index in [0.29, 0.717) is 11.3 Å². The van der Waals surface area contributed by atoms with Gasteiger partial charge in [-0.25, -0.2) is 0 Å². The summed E-state index contributed by atoms with van der Waals surface area (Å²) in [4.78, 5) is 29.3. The van der Waals surface area contributed by atoms with Gasteiger partial charge in [-0.3, -0.25) is 9.59 Å². The van der Waals surface area contributed by atoms with E-state index in [4.69, 9.17) is 4.42 Å². The van der Waals surface area contributed by atoms with Gasteiger partial charge in [0.05, 0.1) is 24.4 Å². The van der Waals surface area contributed by atoms with Crippen molar-refractivity contribution in [3.63, 3.8) is 0 Å². The van der Waals surface area contributed by atoms with Gasteiger partial charge in [-0.1, -0.05) is 42.5 Å². The largest absolute Gasteiger partial charge is 0.507 e. The lowest BCUT2D eigenvalue weighted by Gasteiger charge is -2.25. The average molecular weight is 402 g/mol. The van der Waals surface area contributed by atoms with Crippen LogP contribution in [0.25, 0.3) is 5.76 Å². The standard InChI is InChI=1S/C24H22N2O4/c1-25(2)18-12-10-16(11-13-18)21-20(22(27)17-7-4-3-5-8-17)23(28)24(29)26(21)15-19-9-6-14-30-19/h3-14,21,27H,15H2,1-2H3. The fourth-order valence-electron chi connectivity index (χ4n) is 3.67. The van der Waals surface area contributed by atoms with Crippen molar-refractivity contribution in [3.8, 4) is 0 Å². The van der Waals surface area contributed by atoms with Crippen LogP contribution in [0.2, 0.25) is 0 Å². The normalized spacial score (nSPS) is 18.1. The van der Waals surface area contributed by atoms with Crippen molar-refractivity contribution in [3.05, 3.63) is 95.5 Å². The lowest BCUT2D eigenvalue weighted by atomic mass is 9.95. The molecule has 0 aliphatic carbocycles. The number of likely N-dealkylation sites (tertiary alicyclic amines) is 1. The number of furan rings is 1. The Bertz CT molecular complexity index is 1080. The summed E-state index contributed by atoms with van der Waals surface area (Å²) in [6.45, 7) is 0.128. The van der Waals surface area contributed by atoms with E-state index < -0.39 is 17.7 Å². The molecule has 1 atom stereocenters. The number of aliphatic hydroxyl groups excluding tert-OH is 1. The van der Waals surface area contributed by atoms with Gasteiger partial charge >= 0.3 is 0 Å².